The van der Waals surface area contributed by atoms with E-state index in [9.17, 15) is 4.79 Å². The highest BCUT2D eigenvalue weighted by Gasteiger charge is 2.24. The monoisotopic (exact) mass is 379 g/mol. The normalized spacial score (nSPS) is 12.7. The highest BCUT2D eigenvalue weighted by molar-refractivity contribution is 7.98. The number of nitrogens with one attached hydrogen (secondary N) is 1. The molecule has 6 heteroatoms. The van der Waals surface area contributed by atoms with Crippen molar-refractivity contribution in [2.24, 2.45) is 0 Å². The number of amides is 1. The zero-order valence-electron chi connectivity index (χ0n) is 15.4. The molecular weight excluding hydrogens is 358 g/mol. The van der Waals surface area contributed by atoms with Crippen LogP contribution in [0.2, 0.25) is 0 Å². The molecular formula is C21H21N3O2S. The molecule has 0 spiro atoms. The smallest absolute Gasteiger partial charge is 0.263 e. The van der Waals surface area contributed by atoms with Crippen LogP contribution in [0.3, 0.4) is 0 Å². The van der Waals surface area contributed by atoms with E-state index in [0.717, 1.165) is 45.6 Å². The number of aryl methyl sites for hydroxylation is 2. The van der Waals surface area contributed by atoms with Gasteiger partial charge in [-0.1, -0.05) is 35.9 Å². The van der Waals surface area contributed by atoms with Crippen LogP contribution in [0.15, 0.2) is 48.5 Å². The van der Waals surface area contributed by atoms with E-state index in [1.165, 1.54) is 5.56 Å². The van der Waals surface area contributed by atoms with Gasteiger partial charge in [-0.25, -0.2) is 4.68 Å². The van der Waals surface area contributed by atoms with Gasteiger partial charge in [-0.05, 0) is 37.6 Å². The van der Waals surface area contributed by atoms with Crippen LogP contribution in [0.25, 0.3) is 5.69 Å². The minimum absolute atomic E-state index is 0.0359. The molecule has 2 aromatic carbocycles. The van der Waals surface area contributed by atoms with E-state index in [4.69, 9.17) is 9.84 Å². The topological polar surface area (TPSA) is 56.2 Å². The Morgan fingerprint density at radius 3 is 2.70 bits per heavy atom. The Hall–Kier alpha value is -2.73. The van der Waals surface area contributed by atoms with Crippen molar-refractivity contribution in [3.05, 3.63) is 70.9 Å². The third kappa shape index (κ3) is 3.71. The molecule has 0 saturated carbocycles. The Morgan fingerprint density at radius 2 is 1.93 bits per heavy atom. The Labute approximate surface area is 162 Å². The lowest BCUT2D eigenvalue weighted by molar-refractivity contribution is -0.118. The quantitative estimate of drug-likeness (QED) is 0.720. The van der Waals surface area contributed by atoms with E-state index in [1.54, 1.807) is 0 Å². The lowest BCUT2D eigenvalue weighted by Gasteiger charge is -2.12. The first-order valence-electron chi connectivity index (χ1n) is 8.85. The molecule has 4 rings (SSSR count). The molecule has 1 N–H and O–H groups in total. The van der Waals surface area contributed by atoms with Gasteiger partial charge in [0.1, 0.15) is 11.6 Å². The Balaban J connectivity index is 1.55. The number of fused-ring (bicyclic) bond motifs is 1. The Bertz CT molecular complexity index is 980. The summed E-state index contributed by atoms with van der Waals surface area (Å²) in [7, 11) is 0. The molecule has 2 heterocycles. The maximum atomic E-state index is 12.5. The second kappa shape index (κ2) is 7.48. The van der Waals surface area contributed by atoms with Gasteiger partial charge in [0.2, 0.25) is 0 Å². The highest BCUT2D eigenvalue weighted by atomic mass is 32.2. The fraction of sp³-hybridized carbons (Fsp3) is 0.238. The molecule has 5 nitrogen and oxygen atoms in total. The van der Waals surface area contributed by atoms with Gasteiger partial charge < -0.3 is 10.1 Å². The predicted octanol–water partition coefficient (Wildman–Crippen LogP) is 4.25. The van der Waals surface area contributed by atoms with Gasteiger partial charge in [0, 0.05) is 17.1 Å². The number of rotatable bonds is 5. The molecule has 1 aromatic heterocycles. The van der Waals surface area contributed by atoms with Crippen molar-refractivity contribution in [2.75, 3.05) is 11.9 Å². The molecule has 0 unspecified atom stereocenters. The maximum Gasteiger partial charge on any atom is 0.263 e. The summed E-state index contributed by atoms with van der Waals surface area (Å²) < 4.78 is 7.51. The summed E-state index contributed by atoms with van der Waals surface area (Å²) in [6.07, 6.45) is 0. The summed E-state index contributed by atoms with van der Waals surface area (Å²) in [5.74, 6) is 3.01. The highest BCUT2D eigenvalue weighted by Crippen LogP contribution is 2.36. The fourth-order valence-electron chi connectivity index (χ4n) is 3.04. The molecule has 1 aliphatic heterocycles. The van der Waals surface area contributed by atoms with E-state index in [-0.39, 0.29) is 12.5 Å². The average Bonchev–Trinajstić information content (AvgIpc) is 3.24. The number of hydrogen-bond acceptors (Lipinski definition) is 4. The average molecular weight is 379 g/mol. The van der Waals surface area contributed by atoms with Crippen LogP contribution in [0.4, 0.5) is 5.82 Å². The number of para-hydroxylation sites is 1. The lowest BCUT2D eigenvalue weighted by atomic mass is 10.2. The summed E-state index contributed by atoms with van der Waals surface area (Å²) in [4.78, 5) is 12.5. The van der Waals surface area contributed by atoms with Gasteiger partial charge in [0.05, 0.1) is 11.4 Å². The van der Waals surface area contributed by atoms with Crippen LogP contribution >= 0.6 is 11.8 Å². The summed E-state index contributed by atoms with van der Waals surface area (Å²) in [6.45, 7) is 3.98. The molecule has 0 saturated heterocycles. The summed E-state index contributed by atoms with van der Waals surface area (Å²) in [5, 5.41) is 7.73. The van der Waals surface area contributed by atoms with Crippen molar-refractivity contribution in [1.29, 1.82) is 0 Å². The van der Waals surface area contributed by atoms with Gasteiger partial charge in [-0.3, -0.25) is 4.79 Å². The Kier molecular flexibility index (Phi) is 4.90. The van der Waals surface area contributed by atoms with Gasteiger partial charge >= 0.3 is 0 Å². The zero-order chi connectivity index (χ0) is 18.8. The minimum Gasteiger partial charge on any atom is -0.483 e. The molecule has 0 atom stereocenters. The minimum atomic E-state index is -0.189. The Morgan fingerprint density at radius 1 is 1.15 bits per heavy atom. The summed E-state index contributed by atoms with van der Waals surface area (Å²) >= 11 is 1.81. The number of ether oxygens (including phenoxy) is 1. The molecule has 0 aliphatic carbocycles. The van der Waals surface area contributed by atoms with Crippen molar-refractivity contribution in [1.82, 2.24) is 9.78 Å². The molecule has 1 amide bonds. The van der Waals surface area contributed by atoms with Crippen molar-refractivity contribution in [3.63, 3.8) is 0 Å². The van der Waals surface area contributed by atoms with Crippen LogP contribution in [0.1, 0.15) is 22.4 Å². The molecule has 0 bridgehead atoms. The molecule has 0 radical (unpaired) electrons. The van der Waals surface area contributed by atoms with Gasteiger partial charge in [0.15, 0.2) is 6.61 Å². The number of benzene rings is 2. The number of anilines is 1. The predicted molar refractivity (Wildman–Crippen MR) is 109 cm³/mol. The summed E-state index contributed by atoms with van der Waals surface area (Å²) in [6, 6.07) is 15.8. The number of hydrogen-bond donors (Lipinski definition) is 1. The van der Waals surface area contributed by atoms with Crippen molar-refractivity contribution < 1.29 is 9.53 Å². The summed E-state index contributed by atoms with van der Waals surface area (Å²) in [5.41, 5.74) is 5.27. The third-order valence-corrected chi connectivity index (χ3v) is 5.51. The number of carbonyl (C=O) groups is 1. The van der Waals surface area contributed by atoms with Crippen molar-refractivity contribution in [3.8, 4) is 11.4 Å². The zero-order valence-corrected chi connectivity index (χ0v) is 16.2. The van der Waals surface area contributed by atoms with E-state index in [2.05, 4.69) is 12.2 Å². The van der Waals surface area contributed by atoms with Crippen molar-refractivity contribution >= 4 is 23.5 Å². The van der Waals surface area contributed by atoms with E-state index in [1.807, 2.05) is 71.9 Å². The molecule has 1 aliphatic rings. The van der Waals surface area contributed by atoms with Crippen LogP contribution < -0.4 is 10.1 Å². The largest absolute Gasteiger partial charge is 0.483 e. The molecule has 3 aromatic rings. The number of thioether (sulfide) groups is 1. The second-order valence-corrected chi connectivity index (χ2v) is 7.60. The molecule has 0 fully saturated rings. The fourth-order valence-corrected chi connectivity index (χ4v) is 4.08. The van der Waals surface area contributed by atoms with Crippen LogP contribution in [-0.4, -0.2) is 22.3 Å². The molecule has 27 heavy (non-hydrogen) atoms. The maximum absolute atomic E-state index is 12.5. The van der Waals surface area contributed by atoms with E-state index >= 15 is 0 Å². The van der Waals surface area contributed by atoms with Crippen molar-refractivity contribution in [2.45, 2.75) is 25.4 Å². The first kappa shape index (κ1) is 17.7. The number of nitrogens with zero attached hydrogens (tertiary/aromatic N) is 2. The van der Waals surface area contributed by atoms with E-state index < -0.39 is 0 Å². The van der Waals surface area contributed by atoms with Gasteiger partial charge in [-0.15, -0.1) is 0 Å². The molecule has 138 valence electrons. The second-order valence-electron chi connectivity index (χ2n) is 6.62. The first-order valence-corrected chi connectivity index (χ1v) is 10.0. The first-order chi connectivity index (χ1) is 13.1. The standard InChI is InChI=1S/C21H21N3O2S/c1-14-7-9-16(10-8-14)24-21(17-12-27-13-18(17)23-24)22-20(25)11-26-19-6-4-3-5-15(19)2/h3-10H,11-13H2,1-2H3,(H,22,25). The van der Waals surface area contributed by atoms with Crippen LogP contribution in [0.5, 0.6) is 5.75 Å². The number of aromatic nitrogens is 2. The lowest BCUT2D eigenvalue weighted by Crippen LogP contribution is -2.22. The van der Waals surface area contributed by atoms with Crippen LogP contribution in [-0.2, 0) is 16.3 Å². The van der Waals surface area contributed by atoms with Gasteiger partial charge in [0.25, 0.3) is 5.91 Å². The third-order valence-electron chi connectivity index (χ3n) is 4.54. The van der Waals surface area contributed by atoms with Gasteiger partial charge in [-0.2, -0.15) is 16.9 Å². The SMILES string of the molecule is Cc1ccc(-n2nc3c(c2NC(=O)COc2ccccc2C)CSC3)cc1. The van der Waals surface area contributed by atoms with E-state index in [0.29, 0.717) is 0 Å². The number of carbonyl (C=O) groups excluding carboxylic acids is 1. The van der Waals surface area contributed by atoms with Crippen LogP contribution in [0, 0.1) is 13.8 Å².